The van der Waals surface area contributed by atoms with Gasteiger partial charge in [-0.05, 0) is 42.8 Å². The number of halogens is 1. The molecule has 0 aliphatic heterocycles. The van der Waals surface area contributed by atoms with Crippen LogP contribution in [-0.2, 0) is 17.8 Å². The fourth-order valence-electron chi connectivity index (χ4n) is 2.60. The van der Waals surface area contributed by atoms with E-state index in [2.05, 4.69) is 10.3 Å². The SMILES string of the molecule is CCOc1ccc(CC(=O)NCc2cccnc2Oc2cccc(F)c2)cc1. The Labute approximate surface area is 163 Å². The minimum Gasteiger partial charge on any atom is -0.494 e. The molecule has 3 rings (SSSR count). The summed E-state index contributed by atoms with van der Waals surface area (Å²) in [6.07, 6.45) is 1.84. The Balaban J connectivity index is 1.59. The summed E-state index contributed by atoms with van der Waals surface area (Å²) in [6.45, 7) is 2.78. The largest absolute Gasteiger partial charge is 0.494 e. The van der Waals surface area contributed by atoms with Gasteiger partial charge in [-0.25, -0.2) is 9.37 Å². The van der Waals surface area contributed by atoms with Crippen LogP contribution in [0.3, 0.4) is 0 Å². The third-order valence-corrected chi connectivity index (χ3v) is 3.94. The molecule has 0 bridgehead atoms. The Bertz CT molecular complexity index is 929. The van der Waals surface area contributed by atoms with E-state index in [-0.39, 0.29) is 18.9 Å². The van der Waals surface area contributed by atoms with Crippen molar-refractivity contribution in [1.82, 2.24) is 10.3 Å². The molecule has 0 saturated heterocycles. The highest BCUT2D eigenvalue weighted by molar-refractivity contribution is 5.78. The number of benzene rings is 2. The lowest BCUT2D eigenvalue weighted by molar-refractivity contribution is -0.120. The average molecular weight is 380 g/mol. The number of hydrogen-bond acceptors (Lipinski definition) is 4. The zero-order chi connectivity index (χ0) is 19.8. The highest BCUT2D eigenvalue weighted by atomic mass is 19.1. The molecule has 2 aromatic carbocycles. The van der Waals surface area contributed by atoms with E-state index in [1.165, 1.54) is 12.1 Å². The number of aromatic nitrogens is 1. The van der Waals surface area contributed by atoms with Crippen LogP contribution < -0.4 is 14.8 Å². The van der Waals surface area contributed by atoms with Gasteiger partial charge in [-0.3, -0.25) is 4.79 Å². The van der Waals surface area contributed by atoms with Gasteiger partial charge in [-0.2, -0.15) is 0 Å². The lowest BCUT2D eigenvalue weighted by Gasteiger charge is -2.11. The molecule has 0 atom stereocenters. The van der Waals surface area contributed by atoms with Crippen molar-refractivity contribution >= 4 is 5.91 Å². The molecule has 1 heterocycles. The number of nitrogens with one attached hydrogen (secondary N) is 1. The van der Waals surface area contributed by atoms with Gasteiger partial charge in [-0.1, -0.05) is 24.3 Å². The van der Waals surface area contributed by atoms with Crippen molar-refractivity contribution in [2.24, 2.45) is 0 Å². The third kappa shape index (κ3) is 5.54. The second-order valence-electron chi connectivity index (χ2n) is 6.06. The quantitative estimate of drug-likeness (QED) is 0.634. The first-order valence-electron chi connectivity index (χ1n) is 9.00. The van der Waals surface area contributed by atoms with E-state index in [0.29, 0.717) is 23.8 Å². The first-order valence-corrected chi connectivity index (χ1v) is 9.00. The van der Waals surface area contributed by atoms with E-state index in [1.54, 1.807) is 30.5 Å². The second-order valence-corrected chi connectivity index (χ2v) is 6.06. The van der Waals surface area contributed by atoms with Gasteiger partial charge >= 0.3 is 0 Å². The number of carbonyl (C=O) groups is 1. The summed E-state index contributed by atoms with van der Waals surface area (Å²) in [4.78, 5) is 16.4. The van der Waals surface area contributed by atoms with Crippen molar-refractivity contribution < 1.29 is 18.7 Å². The molecule has 1 aromatic heterocycles. The van der Waals surface area contributed by atoms with Crippen molar-refractivity contribution in [1.29, 1.82) is 0 Å². The molecule has 0 radical (unpaired) electrons. The lowest BCUT2D eigenvalue weighted by Crippen LogP contribution is -2.24. The molecule has 1 amide bonds. The van der Waals surface area contributed by atoms with E-state index in [9.17, 15) is 9.18 Å². The predicted octanol–water partition coefficient (Wildman–Crippen LogP) is 4.27. The standard InChI is InChI=1S/C22H21FN2O3/c1-2-27-19-10-8-16(9-11-19)13-21(26)25-15-17-5-4-12-24-22(17)28-20-7-3-6-18(23)14-20/h3-12,14H,2,13,15H2,1H3,(H,25,26). The maximum atomic E-state index is 13.3. The summed E-state index contributed by atoms with van der Waals surface area (Å²) in [5, 5.41) is 2.86. The fraction of sp³-hybridized carbons (Fsp3) is 0.182. The van der Waals surface area contributed by atoms with Crippen LogP contribution >= 0.6 is 0 Å². The van der Waals surface area contributed by atoms with Gasteiger partial charge in [0.25, 0.3) is 0 Å². The molecule has 3 aromatic rings. The van der Waals surface area contributed by atoms with Crippen LogP contribution in [0.4, 0.5) is 4.39 Å². The Morgan fingerprint density at radius 3 is 2.64 bits per heavy atom. The zero-order valence-corrected chi connectivity index (χ0v) is 15.5. The molecule has 0 fully saturated rings. The van der Waals surface area contributed by atoms with Gasteiger partial charge in [0.1, 0.15) is 17.3 Å². The average Bonchev–Trinajstić information content (AvgIpc) is 2.69. The molecule has 0 unspecified atom stereocenters. The van der Waals surface area contributed by atoms with Crippen LogP contribution in [0.15, 0.2) is 66.9 Å². The number of rotatable bonds is 8. The monoisotopic (exact) mass is 380 g/mol. The van der Waals surface area contributed by atoms with E-state index in [1.807, 2.05) is 31.2 Å². The maximum absolute atomic E-state index is 13.3. The number of amides is 1. The molecule has 5 nitrogen and oxygen atoms in total. The molecule has 0 aliphatic rings. The number of nitrogens with zero attached hydrogens (tertiary/aromatic N) is 1. The van der Waals surface area contributed by atoms with Crippen LogP contribution in [0.5, 0.6) is 17.4 Å². The summed E-state index contributed by atoms with van der Waals surface area (Å²) in [7, 11) is 0. The lowest BCUT2D eigenvalue weighted by atomic mass is 10.1. The van der Waals surface area contributed by atoms with Crippen molar-refractivity contribution in [3.05, 3.63) is 83.8 Å². The van der Waals surface area contributed by atoms with Crippen molar-refractivity contribution in [2.45, 2.75) is 19.9 Å². The van der Waals surface area contributed by atoms with Gasteiger partial charge in [0, 0.05) is 24.4 Å². The van der Waals surface area contributed by atoms with Gasteiger partial charge in [0.05, 0.1) is 13.0 Å². The van der Waals surface area contributed by atoms with Gasteiger partial charge in [-0.15, -0.1) is 0 Å². The van der Waals surface area contributed by atoms with Crippen LogP contribution in [0.2, 0.25) is 0 Å². The first-order chi connectivity index (χ1) is 13.6. The van der Waals surface area contributed by atoms with Gasteiger partial charge in [0.2, 0.25) is 11.8 Å². The Kier molecular flexibility index (Phi) is 6.57. The molecule has 0 aliphatic carbocycles. The van der Waals surface area contributed by atoms with Crippen molar-refractivity contribution in [2.75, 3.05) is 6.61 Å². The number of ether oxygens (including phenoxy) is 2. The fourth-order valence-corrected chi connectivity index (χ4v) is 2.60. The maximum Gasteiger partial charge on any atom is 0.224 e. The summed E-state index contributed by atoms with van der Waals surface area (Å²) >= 11 is 0. The van der Waals surface area contributed by atoms with Crippen molar-refractivity contribution in [3.63, 3.8) is 0 Å². The number of carbonyl (C=O) groups excluding carboxylic acids is 1. The Morgan fingerprint density at radius 1 is 1.07 bits per heavy atom. The van der Waals surface area contributed by atoms with E-state index >= 15 is 0 Å². The van der Waals surface area contributed by atoms with Crippen LogP contribution in [0.25, 0.3) is 0 Å². The molecule has 0 saturated carbocycles. The predicted molar refractivity (Wildman–Crippen MR) is 104 cm³/mol. The van der Waals surface area contributed by atoms with E-state index < -0.39 is 5.82 Å². The van der Waals surface area contributed by atoms with Gasteiger partial charge in [0.15, 0.2) is 0 Å². The molecular formula is C22H21FN2O3. The van der Waals surface area contributed by atoms with Crippen LogP contribution in [0, 0.1) is 5.82 Å². The van der Waals surface area contributed by atoms with Crippen LogP contribution in [0.1, 0.15) is 18.1 Å². The second kappa shape index (κ2) is 9.50. The molecule has 0 spiro atoms. The summed E-state index contributed by atoms with van der Waals surface area (Å²) in [5.41, 5.74) is 1.59. The van der Waals surface area contributed by atoms with Crippen LogP contribution in [-0.4, -0.2) is 17.5 Å². The molecule has 144 valence electrons. The van der Waals surface area contributed by atoms with E-state index in [0.717, 1.165) is 11.3 Å². The Hall–Kier alpha value is -3.41. The van der Waals surface area contributed by atoms with Gasteiger partial charge < -0.3 is 14.8 Å². The zero-order valence-electron chi connectivity index (χ0n) is 15.5. The third-order valence-electron chi connectivity index (χ3n) is 3.94. The number of hydrogen-bond donors (Lipinski definition) is 1. The highest BCUT2D eigenvalue weighted by Crippen LogP contribution is 2.23. The number of pyridine rings is 1. The smallest absolute Gasteiger partial charge is 0.224 e. The topological polar surface area (TPSA) is 60.5 Å². The molecule has 1 N–H and O–H groups in total. The highest BCUT2D eigenvalue weighted by Gasteiger charge is 2.09. The normalized spacial score (nSPS) is 10.4. The minimum atomic E-state index is -0.390. The minimum absolute atomic E-state index is 0.121. The summed E-state index contributed by atoms with van der Waals surface area (Å²) in [6, 6.07) is 16.8. The Morgan fingerprint density at radius 2 is 1.89 bits per heavy atom. The summed E-state index contributed by atoms with van der Waals surface area (Å²) < 4.78 is 24.4. The van der Waals surface area contributed by atoms with Crippen molar-refractivity contribution in [3.8, 4) is 17.4 Å². The molecule has 6 heteroatoms. The molecular weight excluding hydrogens is 359 g/mol. The first kappa shape index (κ1) is 19.4. The van der Waals surface area contributed by atoms with E-state index in [4.69, 9.17) is 9.47 Å². The summed E-state index contributed by atoms with van der Waals surface area (Å²) in [5.74, 6) is 0.944. The molecule has 28 heavy (non-hydrogen) atoms.